The lowest BCUT2D eigenvalue weighted by Crippen LogP contribution is -2.61. The van der Waals surface area contributed by atoms with E-state index in [-0.39, 0.29) is 11.3 Å². The van der Waals surface area contributed by atoms with Crippen LogP contribution in [0, 0.1) is 28.6 Å². The van der Waals surface area contributed by atoms with Crippen LogP contribution in [0.1, 0.15) is 72.1 Å². The van der Waals surface area contributed by atoms with Gasteiger partial charge < -0.3 is 10.1 Å². The highest BCUT2D eigenvalue weighted by Crippen LogP contribution is 2.69. The molecule has 23 heavy (non-hydrogen) atoms. The molecule has 0 aromatic rings. The molecule has 4 fully saturated rings. The number of ether oxygens (including phenoxy) is 1. The third kappa shape index (κ3) is 2.29. The first-order valence-electron chi connectivity index (χ1n) is 9.84. The predicted molar refractivity (Wildman–Crippen MR) is 91.0 cm³/mol. The van der Waals surface area contributed by atoms with Crippen LogP contribution in [0.2, 0.25) is 0 Å². The van der Waals surface area contributed by atoms with Gasteiger partial charge in [0.2, 0.25) is 5.91 Å². The Balaban J connectivity index is 1.63. The lowest BCUT2D eigenvalue weighted by atomic mass is 9.57. The first kappa shape index (κ1) is 15.9. The Morgan fingerprint density at radius 1 is 1.17 bits per heavy atom. The summed E-state index contributed by atoms with van der Waals surface area (Å²) in [5, 5.41) is 3.38. The Hall–Kier alpha value is -0.570. The highest BCUT2D eigenvalue weighted by atomic mass is 16.5. The molecule has 0 radical (unpaired) electrons. The fourth-order valence-corrected chi connectivity index (χ4v) is 6.96. The van der Waals surface area contributed by atoms with Crippen molar-refractivity contribution >= 4 is 5.91 Å². The molecule has 3 nitrogen and oxygen atoms in total. The summed E-state index contributed by atoms with van der Waals surface area (Å²) in [7, 11) is 0. The molecular weight excluding hydrogens is 286 g/mol. The van der Waals surface area contributed by atoms with E-state index < -0.39 is 0 Å². The van der Waals surface area contributed by atoms with Gasteiger partial charge in [-0.15, -0.1) is 0 Å². The number of hydrogen-bond acceptors (Lipinski definition) is 2. The zero-order chi connectivity index (χ0) is 16.2. The van der Waals surface area contributed by atoms with Crippen LogP contribution >= 0.6 is 0 Å². The molecule has 4 rings (SSSR count). The molecule has 1 spiro atoms. The fourth-order valence-electron chi connectivity index (χ4n) is 6.96. The summed E-state index contributed by atoms with van der Waals surface area (Å²) in [6.07, 6.45) is 11.1. The molecule has 3 aliphatic carbocycles. The minimum absolute atomic E-state index is 0.143. The zero-order valence-corrected chi connectivity index (χ0v) is 15.1. The van der Waals surface area contributed by atoms with Gasteiger partial charge in [-0.2, -0.15) is 0 Å². The number of carbonyl (C=O) groups excluding carboxylic acids is 1. The molecule has 1 unspecified atom stereocenters. The molecule has 4 aliphatic rings. The minimum Gasteiger partial charge on any atom is -0.378 e. The number of rotatable bonds is 2. The lowest BCUT2D eigenvalue weighted by molar-refractivity contribution is -0.149. The summed E-state index contributed by atoms with van der Waals surface area (Å²) in [4.78, 5) is 11.9. The molecule has 1 aliphatic heterocycles. The molecular formula is C20H33NO2. The first-order chi connectivity index (χ1) is 10.9. The van der Waals surface area contributed by atoms with Crippen molar-refractivity contribution in [1.29, 1.82) is 0 Å². The van der Waals surface area contributed by atoms with E-state index in [1.165, 1.54) is 44.9 Å². The van der Waals surface area contributed by atoms with Crippen LogP contribution in [0.25, 0.3) is 0 Å². The molecule has 2 bridgehead atoms. The maximum atomic E-state index is 11.9. The third-order valence-electron chi connectivity index (χ3n) is 8.01. The number of fused-ring (bicyclic) bond motifs is 1. The summed E-state index contributed by atoms with van der Waals surface area (Å²) >= 11 is 0. The van der Waals surface area contributed by atoms with Crippen LogP contribution in [0.15, 0.2) is 0 Å². The van der Waals surface area contributed by atoms with E-state index in [1.54, 1.807) is 6.92 Å². The highest BCUT2D eigenvalue weighted by molar-refractivity contribution is 5.73. The molecule has 3 heteroatoms. The molecule has 1 saturated heterocycles. The molecule has 1 heterocycles. The average molecular weight is 319 g/mol. The third-order valence-corrected chi connectivity index (χ3v) is 8.01. The number of nitrogens with one attached hydrogen (secondary N) is 1. The van der Waals surface area contributed by atoms with Gasteiger partial charge >= 0.3 is 0 Å². The largest absolute Gasteiger partial charge is 0.378 e. The van der Waals surface area contributed by atoms with E-state index in [0.717, 1.165) is 24.9 Å². The van der Waals surface area contributed by atoms with Crippen molar-refractivity contribution in [3.63, 3.8) is 0 Å². The van der Waals surface area contributed by atoms with E-state index in [4.69, 9.17) is 4.74 Å². The molecule has 0 aromatic carbocycles. The smallest absolute Gasteiger partial charge is 0.217 e. The number of carbonyl (C=O) groups is 1. The van der Waals surface area contributed by atoms with Gasteiger partial charge in [0.1, 0.15) is 0 Å². The van der Waals surface area contributed by atoms with Gasteiger partial charge in [0.05, 0.1) is 6.10 Å². The van der Waals surface area contributed by atoms with Gasteiger partial charge in [0, 0.05) is 19.6 Å². The Morgan fingerprint density at radius 2 is 1.91 bits per heavy atom. The Kier molecular flexibility index (Phi) is 3.79. The van der Waals surface area contributed by atoms with Crippen LogP contribution in [0.4, 0.5) is 0 Å². The molecule has 1 amide bonds. The van der Waals surface area contributed by atoms with Crippen molar-refractivity contribution in [1.82, 2.24) is 5.32 Å². The summed E-state index contributed by atoms with van der Waals surface area (Å²) in [6, 6.07) is 0.339. The quantitative estimate of drug-likeness (QED) is 0.838. The van der Waals surface area contributed by atoms with E-state index in [2.05, 4.69) is 19.2 Å². The van der Waals surface area contributed by atoms with Crippen LogP contribution in [0.3, 0.4) is 0 Å². The standard InChI is InChI=1S/C20H33NO2/c1-13(22)21-18-19(2,3)15-11-16-17(14-7-5-4-6-8-14)23-10-9-20(16,18)12-15/h14-18H,4-12H2,1-3H3,(H,21,22)/t15-,16-,17-,18-,20?/m1/s1. The van der Waals surface area contributed by atoms with Crippen LogP contribution in [0.5, 0.6) is 0 Å². The summed E-state index contributed by atoms with van der Waals surface area (Å²) in [5.41, 5.74) is 0.539. The maximum Gasteiger partial charge on any atom is 0.217 e. The monoisotopic (exact) mass is 319 g/mol. The van der Waals surface area contributed by atoms with Crippen molar-refractivity contribution in [2.75, 3.05) is 6.61 Å². The summed E-state index contributed by atoms with van der Waals surface area (Å²) < 4.78 is 6.39. The van der Waals surface area contributed by atoms with Crippen molar-refractivity contribution in [3.05, 3.63) is 0 Å². The van der Waals surface area contributed by atoms with Crippen LogP contribution in [-0.4, -0.2) is 24.7 Å². The molecule has 0 aromatic heterocycles. The van der Waals surface area contributed by atoms with Gasteiger partial charge in [-0.1, -0.05) is 33.1 Å². The van der Waals surface area contributed by atoms with Gasteiger partial charge in [-0.25, -0.2) is 0 Å². The minimum atomic E-state index is 0.143. The normalized spacial score (nSPS) is 45.7. The topological polar surface area (TPSA) is 38.3 Å². The second-order valence-electron chi connectivity index (χ2n) is 9.41. The van der Waals surface area contributed by atoms with Crippen molar-refractivity contribution < 1.29 is 9.53 Å². The van der Waals surface area contributed by atoms with Crippen LogP contribution < -0.4 is 5.32 Å². The maximum absolute atomic E-state index is 11.9. The first-order valence-corrected chi connectivity index (χ1v) is 9.84. The van der Waals surface area contributed by atoms with Gasteiger partial charge in [-0.05, 0) is 60.7 Å². The van der Waals surface area contributed by atoms with Crippen LogP contribution in [-0.2, 0) is 9.53 Å². The van der Waals surface area contributed by atoms with Gasteiger partial charge in [-0.3, -0.25) is 4.79 Å². The van der Waals surface area contributed by atoms with E-state index >= 15 is 0 Å². The van der Waals surface area contributed by atoms with Gasteiger partial charge in [0.15, 0.2) is 0 Å². The summed E-state index contributed by atoms with van der Waals surface area (Å²) in [6.45, 7) is 7.35. The number of amides is 1. The van der Waals surface area contributed by atoms with E-state index in [9.17, 15) is 4.79 Å². The molecule has 3 saturated carbocycles. The Bertz CT molecular complexity index is 482. The summed E-state index contributed by atoms with van der Waals surface area (Å²) in [5.74, 6) is 2.34. The van der Waals surface area contributed by atoms with E-state index in [1.807, 2.05) is 0 Å². The highest BCUT2D eigenvalue weighted by Gasteiger charge is 2.68. The van der Waals surface area contributed by atoms with E-state index in [0.29, 0.717) is 23.5 Å². The molecule has 130 valence electrons. The zero-order valence-electron chi connectivity index (χ0n) is 15.1. The van der Waals surface area contributed by atoms with Crippen molar-refractivity contribution in [2.45, 2.75) is 84.3 Å². The fraction of sp³-hybridized carbons (Fsp3) is 0.950. The van der Waals surface area contributed by atoms with Crippen molar-refractivity contribution in [3.8, 4) is 0 Å². The second kappa shape index (κ2) is 5.47. The van der Waals surface area contributed by atoms with Crippen molar-refractivity contribution in [2.24, 2.45) is 28.6 Å². The molecule has 5 atom stereocenters. The predicted octanol–water partition coefficient (Wildman–Crippen LogP) is 3.91. The van der Waals surface area contributed by atoms with Gasteiger partial charge in [0.25, 0.3) is 0 Å². The average Bonchev–Trinajstić information content (AvgIpc) is 3.01. The number of hydrogen-bond donors (Lipinski definition) is 1. The molecule has 1 N–H and O–H groups in total. The second-order valence-corrected chi connectivity index (χ2v) is 9.41. The SMILES string of the molecule is CC(=O)N[C@@H]1C(C)(C)[C@@H]2C[C@@H]3[C@@H](C4CCCCC4)OCCC31C2. The Labute approximate surface area is 140 Å². The Morgan fingerprint density at radius 3 is 2.61 bits per heavy atom. The lowest BCUT2D eigenvalue weighted by Gasteiger charge is -2.54.